The molecule has 34 heavy (non-hydrogen) atoms. The zero-order valence-electron chi connectivity index (χ0n) is 18.7. The number of hydrogen-bond donors (Lipinski definition) is 1. The standard InChI is InChI=1S/C26H23ClN4O3/c1-17-8-6-9-19(14-17)16-30-25(33)23(24(32)28-18(2)20-10-4-3-5-11-20)29-31(26(30)34)22-13-7-12-21(27)15-22/h3-15,18H,16H2,1-2H3,(H,28,32). The lowest BCUT2D eigenvalue weighted by atomic mass is 10.1. The second-order valence-corrected chi connectivity index (χ2v) is 8.45. The maximum absolute atomic E-state index is 13.3. The third-order valence-electron chi connectivity index (χ3n) is 5.40. The van der Waals surface area contributed by atoms with Crippen LogP contribution in [0.3, 0.4) is 0 Å². The van der Waals surface area contributed by atoms with Crippen LogP contribution in [0, 0.1) is 6.92 Å². The molecule has 0 radical (unpaired) electrons. The maximum atomic E-state index is 13.3. The smallest absolute Gasteiger partial charge is 0.344 e. The van der Waals surface area contributed by atoms with Crippen molar-refractivity contribution in [2.24, 2.45) is 0 Å². The van der Waals surface area contributed by atoms with Crippen LogP contribution >= 0.6 is 11.6 Å². The van der Waals surface area contributed by atoms with Crippen LogP contribution < -0.4 is 16.6 Å². The quantitative estimate of drug-likeness (QED) is 0.459. The molecule has 0 saturated carbocycles. The fourth-order valence-corrected chi connectivity index (χ4v) is 3.84. The van der Waals surface area contributed by atoms with E-state index >= 15 is 0 Å². The van der Waals surface area contributed by atoms with Crippen LogP contribution in [0.15, 0.2) is 88.5 Å². The largest absolute Gasteiger partial charge is 0.352 e. The molecular formula is C26H23ClN4O3. The highest BCUT2D eigenvalue weighted by molar-refractivity contribution is 6.30. The van der Waals surface area contributed by atoms with Crippen molar-refractivity contribution in [3.63, 3.8) is 0 Å². The Bertz CT molecular complexity index is 1460. The van der Waals surface area contributed by atoms with Gasteiger partial charge in [-0.2, -0.15) is 9.78 Å². The summed E-state index contributed by atoms with van der Waals surface area (Å²) in [6.07, 6.45) is 0. The number of aromatic nitrogens is 3. The van der Waals surface area contributed by atoms with Gasteiger partial charge in [0.1, 0.15) is 0 Å². The summed E-state index contributed by atoms with van der Waals surface area (Å²) < 4.78 is 2.05. The lowest BCUT2D eigenvalue weighted by Gasteiger charge is -2.16. The van der Waals surface area contributed by atoms with Crippen molar-refractivity contribution >= 4 is 17.5 Å². The third kappa shape index (κ3) is 5.00. The Hall–Kier alpha value is -3.97. The van der Waals surface area contributed by atoms with Gasteiger partial charge in [0.15, 0.2) is 0 Å². The maximum Gasteiger partial charge on any atom is 0.352 e. The highest BCUT2D eigenvalue weighted by Crippen LogP contribution is 2.14. The number of carbonyl (C=O) groups is 1. The van der Waals surface area contributed by atoms with Gasteiger partial charge in [0, 0.05) is 5.02 Å². The van der Waals surface area contributed by atoms with Crippen molar-refractivity contribution in [3.05, 3.63) is 127 Å². The van der Waals surface area contributed by atoms with E-state index in [2.05, 4.69) is 10.4 Å². The molecule has 4 rings (SSSR count). The molecule has 8 heteroatoms. The fraction of sp³-hybridized carbons (Fsp3) is 0.154. The molecule has 0 spiro atoms. The monoisotopic (exact) mass is 474 g/mol. The molecule has 1 atom stereocenters. The third-order valence-corrected chi connectivity index (χ3v) is 5.63. The number of nitrogens with one attached hydrogen (secondary N) is 1. The van der Waals surface area contributed by atoms with E-state index in [1.165, 1.54) is 0 Å². The number of halogens is 1. The zero-order chi connectivity index (χ0) is 24.2. The molecule has 3 aromatic carbocycles. The number of aryl methyl sites for hydroxylation is 1. The molecule has 1 N–H and O–H groups in total. The number of benzene rings is 3. The molecule has 7 nitrogen and oxygen atoms in total. The van der Waals surface area contributed by atoms with Crippen molar-refractivity contribution in [2.45, 2.75) is 26.4 Å². The molecule has 1 unspecified atom stereocenters. The molecule has 1 amide bonds. The summed E-state index contributed by atoms with van der Waals surface area (Å²) in [5.74, 6) is -0.671. The van der Waals surface area contributed by atoms with Gasteiger partial charge < -0.3 is 5.32 Å². The first-order valence-corrected chi connectivity index (χ1v) is 11.1. The summed E-state index contributed by atoms with van der Waals surface area (Å²) in [5.41, 5.74) is 1.16. The van der Waals surface area contributed by atoms with E-state index in [0.29, 0.717) is 10.7 Å². The summed E-state index contributed by atoms with van der Waals surface area (Å²) >= 11 is 6.11. The van der Waals surface area contributed by atoms with Gasteiger partial charge in [-0.15, -0.1) is 0 Å². The Morgan fingerprint density at radius 3 is 2.44 bits per heavy atom. The highest BCUT2D eigenvalue weighted by Gasteiger charge is 2.22. The minimum atomic E-state index is -0.762. The molecular weight excluding hydrogens is 452 g/mol. The van der Waals surface area contributed by atoms with E-state index in [9.17, 15) is 14.4 Å². The van der Waals surface area contributed by atoms with Gasteiger partial charge in [-0.3, -0.25) is 14.2 Å². The number of nitrogens with zero attached hydrogens (tertiary/aromatic N) is 3. The lowest BCUT2D eigenvalue weighted by Crippen LogP contribution is -2.46. The number of carbonyl (C=O) groups excluding carboxylic acids is 1. The Morgan fingerprint density at radius 2 is 1.74 bits per heavy atom. The van der Waals surface area contributed by atoms with Crippen LogP contribution in [0.25, 0.3) is 5.69 Å². The molecule has 0 aliphatic carbocycles. The molecule has 0 bridgehead atoms. The second-order valence-electron chi connectivity index (χ2n) is 8.01. The van der Waals surface area contributed by atoms with Crippen molar-refractivity contribution in [3.8, 4) is 5.69 Å². The van der Waals surface area contributed by atoms with Crippen LogP contribution in [-0.2, 0) is 6.54 Å². The second kappa shape index (κ2) is 9.89. The van der Waals surface area contributed by atoms with Gasteiger partial charge in [-0.25, -0.2) is 4.79 Å². The first-order valence-electron chi connectivity index (χ1n) is 10.7. The van der Waals surface area contributed by atoms with Gasteiger partial charge >= 0.3 is 5.69 Å². The lowest BCUT2D eigenvalue weighted by molar-refractivity contribution is 0.0930. The Kier molecular flexibility index (Phi) is 6.75. The van der Waals surface area contributed by atoms with Crippen molar-refractivity contribution < 1.29 is 4.79 Å². The normalized spacial score (nSPS) is 11.7. The van der Waals surface area contributed by atoms with Crippen molar-refractivity contribution in [1.82, 2.24) is 19.7 Å². The predicted molar refractivity (Wildman–Crippen MR) is 132 cm³/mol. The molecule has 0 aliphatic heterocycles. The highest BCUT2D eigenvalue weighted by atomic mass is 35.5. The van der Waals surface area contributed by atoms with E-state index in [4.69, 9.17) is 11.6 Å². The summed E-state index contributed by atoms with van der Waals surface area (Å²) in [7, 11) is 0. The molecule has 1 aromatic heterocycles. The van der Waals surface area contributed by atoms with Crippen LogP contribution in [0.1, 0.15) is 40.1 Å². The van der Waals surface area contributed by atoms with Crippen molar-refractivity contribution in [1.29, 1.82) is 0 Å². The fourth-order valence-electron chi connectivity index (χ4n) is 3.66. The molecule has 1 heterocycles. The van der Waals surface area contributed by atoms with Crippen LogP contribution in [0.2, 0.25) is 5.02 Å². The van der Waals surface area contributed by atoms with Crippen LogP contribution in [0.4, 0.5) is 0 Å². The Labute approximate surface area is 201 Å². The summed E-state index contributed by atoms with van der Waals surface area (Å²) in [5, 5.41) is 7.35. The summed E-state index contributed by atoms with van der Waals surface area (Å²) in [6, 6.07) is 23.0. The van der Waals surface area contributed by atoms with E-state index in [1.54, 1.807) is 24.3 Å². The van der Waals surface area contributed by atoms with Gasteiger partial charge in [0.25, 0.3) is 11.5 Å². The zero-order valence-corrected chi connectivity index (χ0v) is 19.5. The first kappa shape index (κ1) is 23.2. The van der Waals surface area contributed by atoms with Crippen LogP contribution in [-0.4, -0.2) is 20.3 Å². The predicted octanol–water partition coefficient (Wildman–Crippen LogP) is 3.90. The molecule has 0 aliphatic rings. The first-order chi connectivity index (χ1) is 16.3. The number of rotatable bonds is 6. The average molecular weight is 475 g/mol. The van der Waals surface area contributed by atoms with Crippen molar-refractivity contribution in [2.75, 3.05) is 0 Å². The topological polar surface area (TPSA) is 86.0 Å². The van der Waals surface area contributed by atoms with Gasteiger partial charge in [-0.05, 0) is 43.2 Å². The van der Waals surface area contributed by atoms with E-state index in [-0.39, 0.29) is 18.3 Å². The van der Waals surface area contributed by atoms with Gasteiger partial charge in [-0.1, -0.05) is 77.8 Å². The Morgan fingerprint density at radius 1 is 1.00 bits per heavy atom. The van der Waals surface area contributed by atoms with Gasteiger partial charge in [0.05, 0.1) is 18.3 Å². The minimum absolute atomic E-state index is 0.00302. The molecule has 4 aromatic rings. The molecule has 172 valence electrons. The summed E-state index contributed by atoms with van der Waals surface area (Å²) in [6.45, 7) is 3.73. The SMILES string of the molecule is Cc1cccc(Cn2c(=O)c(C(=O)NC(C)c3ccccc3)nn(-c3cccc(Cl)c3)c2=O)c1. The van der Waals surface area contributed by atoms with E-state index in [1.807, 2.05) is 68.4 Å². The van der Waals surface area contributed by atoms with E-state index in [0.717, 1.165) is 25.9 Å². The molecule has 0 saturated heterocycles. The average Bonchev–Trinajstić information content (AvgIpc) is 2.82. The Balaban J connectivity index is 1.82. The summed E-state index contributed by atoms with van der Waals surface area (Å²) in [4.78, 5) is 39.7. The van der Waals surface area contributed by atoms with E-state index < -0.39 is 17.2 Å². The molecule has 0 fully saturated rings. The number of hydrogen-bond acceptors (Lipinski definition) is 4. The number of amides is 1. The minimum Gasteiger partial charge on any atom is -0.344 e. The van der Waals surface area contributed by atoms with Gasteiger partial charge in [0.2, 0.25) is 5.69 Å². The van der Waals surface area contributed by atoms with Crippen LogP contribution in [0.5, 0.6) is 0 Å².